The molecule has 0 unspecified atom stereocenters. The molecule has 2 aliphatic rings. The first-order valence-corrected chi connectivity index (χ1v) is 6.46. The molecule has 2 heterocycles. The summed E-state index contributed by atoms with van der Waals surface area (Å²) >= 11 is 0. The van der Waals surface area contributed by atoms with Crippen LogP contribution in [0.3, 0.4) is 0 Å². The summed E-state index contributed by atoms with van der Waals surface area (Å²) in [6.45, 7) is 0. The van der Waals surface area contributed by atoms with E-state index in [-0.39, 0.29) is 10.6 Å². The first-order chi connectivity index (χ1) is 10.3. The maximum atomic E-state index is 11.5. The van der Waals surface area contributed by atoms with E-state index in [0.717, 1.165) is 16.5 Å². The quantitative estimate of drug-likeness (QED) is 0.619. The van der Waals surface area contributed by atoms with E-state index in [4.69, 9.17) is 0 Å². The topological polar surface area (TPSA) is 67.9 Å². The fraction of sp³-hybridized carbons (Fsp3) is 0. The summed E-state index contributed by atoms with van der Waals surface area (Å²) < 4.78 is 0. The minimum atomic E-state index is -0.361. The van der Waals surface area contributed by atoms with Crippen LogP contribution in [0.1, 0.15) is 11.1 Å². The highest BCUT2D eigenvalue weighted by Crippen LogP contribution is 2.25. The Hall–Kier alpha value is -3.08. The molecule has 2 aliphatic heterocycles. The van der Waals surface area contributed by atoms with Crippen LogP contribution < -0.4 is 10.6 Å². The van der Waals surface area contributed by atoms with Crippen LogP contribution >= 0.6 is 0 Å². The Balaban J connectivity index is 2.07. The number of fused-ring (bicyclic) bond motifs is 3. The van der Waals surface area contributed by atoms with Crippen molar-refractivity contribution in [2.75, 3.05) is 0 Å². The van der Waals surface area contributed by atoms with Crippen LogP contribution in [0.5, 0.6) is 0 Å². The molecule has 2 aromatic rings. The lowest BCUT2D eigenvalue weighted by Gasteiger charge is -1.99. The molecule has 0 atom stereocenters. The summed E-state index contributed by atoms with van der Waals surface area (Å²) in [5, 5.41) is 12.8. The van der Waals surface area contributed by atoms with Gasteiger partial charge < -0.3 is 0 Å². The predicted octanol–water partition coefficient (Wildman–Crippen LogP) is 1.81. The van der Waals surface area contributed by atoms with Gasteiger partial charge in [-0.05, 0) is 18.2 Å². The summed E-state index contributed by atoms with van der Waals surface area (Å²) in [5.74, 6) is 0. The van der Waals surface area contributed by atoms with E-state index in [1.54, 1.807) is 18.3 Å². The minimum absolute atomic E-state index is 0.0549. The fourth-order valence-electron chi connectivity index (χ4n) is 2.65. The van der Waals surface area contributed by atoms with Crippen molar-refractivity contribution in [1.29, 1.82) is 0 Å². The standard InChI is InChI=1S/C16H9N3O2/c20-19(21)16-12-6-7-13-11(8-9-17-13)15(12)18-14(16)10-4-2-1-3-5-10/h1-9H. The van der Waals surface area contributed by atoms with Crippen molar-refractivity contribution in [3.8, 4) is 0 Å². The summed E-state index contributed by atoms with van der Waals surface area (Å²) in [6, 6.07) is 12.7. The van der Waals surface area contributed by atoms with E-state index in [2.05, 4.69) is 9.98 Å². The zero-order valence-corrected chi connectivity index (χ0v) is 10.9. The summed E-state index contributed by atoms with van der Waals surface area (Å²) in [5.41, 5.74) is 2.69. The molecule has 0 N–H and O–H groups in total. The van der Waals surface area contributed by atoms with Gasteiger partial charge in [0.25, 0.3) is 0 Å². The van der Waals surface area contributed by atoms with Crippen LogP contribution in [0.15, 0.2) is 58.6 Å². The predicted molar refractivity (Wildman–Crippen MR) is 79.3 cm³/mol. The molecule has 0 aromatic heterocycles. The van der Waals surface area contributed by atoms with Crippen molar-refractivity contribution >= 4 is 23.2 Å². The minimum Gasteiger partial charge on any atom is -0.258 e. The molecule has 0 bridgehead atoms. The third kappa shape index (κ3) is 1.64. The summed E-state index contributed by atoms with van der Waals surface area (Å²) in [7, 11) is 0. The lowest BCUT2D eigenvalue weighted by atomic mass is 10.1. The van der Waals surface area contributed by atoms with Crippen LogP contribution in [0.4, 0.5) is 5.69 Å². The number of rotatable bonds is 2. The molecular weight excluding hydrogens is 266 g/mol. The highest BCUT2D eigenvalue weighted by Gasteiger charge is 2.30. The molecule has 21 heavy (non-hydrogen) atoms. The van der Waals surface area contributed by atoms with Gasteiger partial charge in [0.1, 0.15) is 5.71 Å². The molecular formula is C16H9N3O2. The molecule has 5 nitrogen and oxygen atoms in total. The Morgan fingerprint density at radius 3 is 2.62 bits per heavy atom. The van der Waals surface area contributed by atoms with Crippen molar-refractivity contribution in [3.63, 3.8) is 0 Å². The number of nitro groups is 1. The van der Waals surface area contributed by atoms with E-state index >= 15 is 0 Å². The molecule has 2 aromatic carbocycles. The monoisotopic (exact) mass is 275 g/mol. The first kappa shape index (κ1) is 11.7. The van der Waals surface area contributed by atoms with Gasteiger partial charge in [0, 0.05) is 17.3 Å². The van der Waals surface area contributed by atoms with Gasteiger partial charge in [-0.1, -0.05) is 30.3 Å². The number of hydrogen-bond donors (Lipinski definition) is 0. The molecule has 0 saturated heterocycles. The van der Waals surface area contributed by atoms with Gasteiger partial charge in [0.05, 0.1) is 21.2 Å². The third-order valence-corrected chi connectivity index (χ3v) is 3.58. The van der Waals surface area contributed by atoms with Gasteiger partial charge in [-0.2, -0.15) is 0 Å². The third-order valence-electron chi connectivity index (χ3n) is 3.58. The second kappa shape index (κ2) is 4.21. The molecule has 0 fully saturated rings. The van der Waals surface area contributed by atoms with Crippen molar-refractivity contribution in [2.45, 2.75) is 0 Å². The highest BCUT2D eigenvalue weighted by molar-refractivity contribution is 6.28. The number of aliphatic imine (C=N–C) groups is 1. The van der Waals surface area contributed by atoms with E-state index in [0.29, 0.717) is 16.6 Å². The fourth-order valence-corrected chi connectivity index (χ4v) is 2.65. The number of hydrogen-bond acceptors (Lipinski definition) is 4. The van der Waals surface area contributed by atoms with Crippen LogP contribution in [-0.2, 0) is 0 Å². The van der Waals surface area contributed by atoms with Gasteiger partial charge in [0.15, 0.2) is 0 Å². The van der Waals surface area contributed by atoms with Crippen molar-refractivity contribution < 1.29 is 4.92 Å². The zero-order chi connectivity index (χ0) is 14.4. The van der Waals surface area contributed by atoms with Crippen LogP contribution in [-0.4, -0.2) is 10.6 Å². The Bertz CT molecular complexity index is 957. The molecule has 0 amide bonds. The second-order valence-corrected chi connectivity index (χ2v) is 4.77. The SMILES string of the molecule is O=[N+]([O-])C1=c2ccc3c(c2N=C1c1ccccc1)C=CN=3. The second-order valence-electron chi connectivity index (χ2n) is 4.77. The Kier molecular flexibility index (Phi) is 2.35. The Morgan fingerprint density at radius 2 is 1.86 bits per heavy atom. The van der Waals surface area contributed by atoms with Gasteiger partial charge in [-0.25, -0.2) is 4.99 Å². The molecule has 0 saturated carbocycles. The van der Waals surface area contributed by atoms with E-state index in [1.807, 2.05) is 36.4 Å². The average Bonchev–Trinajstić information content (AvgIpc) is 3.11. The number of nitrogens with zero attached hydrogens (tertiary/aromatic N) is 3. The van der Waals surface area contributed by atoms with E-state index < -0.39 is 0 Å². The smallest absolute Gasteiger partial charge is 0.258 e. The Labute approximate surface area is 119 Å². The van der Waals surface area contributed by atoms with Crippen molar-refractivity contribution in [3.05, 3.63) is 80.5 Å². The molecule has 0 radical (unpaired) electrons. The maximum absolute atomic E-state index is 11.5. The van der Waals surface area contributed by atoms with Gasteiger partial charge in [-0.15, -0.1) is 0 Å². The summed E-state index contributed by atoms with van der Waals surface area (Å²) in [6.07, 6.45) is 3.52. The first-order valence-electron chi connectivity index (χ1n) is 6.46. The van der Waals surface area contributed by atoms with Crippen LogP contribution in [0, 0.1) is 10.1 Å². The van der Waals surface area contributed by atoms with Crippen molar-refractivity contribution in [1.82, 2.24) is 0 Å². The van der Waals surface area contributed by atoms with E-state index in [9.17, 15) is 10.1 Å². The zero-order valence-electron chi connectivity index (χ0n) is 10.9. The highest BCUT2D eigenvalue weighted by atomic mass is 16.6. The van der Waals surface area contributed by atoms with Gasteiger partial charge in [-0.3, -0.25) is 15.1 Å². The number of benzene rings is 2. The van der Waals surface area contributed by atoms with E-state index in [1.165, 1.54) is 0 Å². The molecule has 0 spiro atoms. The largest absolute Gasteiger partial charge is 0.304 e. The Morgan fingerprint density at radius 1 is 1.05 bits per heavy atom. The summed E-state index contributed by atoms with van der Waals surface area (Å²) in [4.78, 5) is 19.9. The molecule has 0 aliphatic carbocycles. The lowest BCUT2D eigenvalue weighted by Crippen LogP contribution is -2.18. The molecule has 100 valence electrons. The molecule has 5 heteroatoms. The van der Waals surface area contributed by atoms with Gasteiger partial charge in [0.2, 0.25) is 0 Å². The van der Waals surface area contributed by atoms with Gasteiger partial charge >= 0.3 is 5.70 Å². The average molecular weight is 275 g/mol. The normalized spacial score (nSPS) is 14.5. The maximum Gasteiger partial charge on any atom is 0.304 e. The lowest BCUT2D eigenvalue weighted by molar-refractivity contribution is -0.372. The molecule has 4 rings (SSSR count). The van der Waals surface area contributed by atoms with Crippen LogP contribution in [0.25, 0.3) is 11.8 Å². The van der Waals surface area contributed by atoms with Crippen LogP contribution in [0.2, 0.25) is 0 Å². The van der Waals surface area contributed by atoms with Crippen molar-refractivity contribution in [2.24, 2.45) is 9.98 Å².